The molecule has 1 saturated carbocycles. The minimum atomic E-state index is -1.12. The van der Waals surface area contributed by atoms with E-state index in [1.54, 1.807) is 43.5 Å². The summed E-state index contributed by atoms with van der Waals surface area (Å²) < 4.78 is 5.01. The van der Waals surface area contributed by atoms with Crippen molar-refractivity contribution in [2.45, 2.75) is 38.1 Å². The van der Waals surface area contributed by atoms with E-state index in [-0.39, 0.29) is 5.78 Å². The molecule has 0 saturated heterocycles. The molecule has 1 fully saturated rings. The molecular weight excluding hydrogens is 366 g/mol. The lowest BCUT2D eigenvalue weighted by Gasteiger charge is -2.43. The van der Waals surface area contributed by atoms with Crippen molar-refractivity contribution in [3.05, 3.63) is 59.2 Å². The summed E-state index contributed by atoms with van der Waals surface area (Å²) in [7, 11) is 1.57. The molecule has 2 rings (SSSR count). The first kappa shape index (κ1) is 20.9. The summed E-state index contributed by atoms with van der Waals surface area (Å²) in [5.74, 6) is -1.11. The molecule has 0 aromatic heterocycles. The third-order valence-corrected chi connectivity index (χ3v) is 5.12. The molecule has 0 radical (unpaired) electrons. The van der Waals surface area contributed by atoms with Crippen molar-refractivity contribution >= 4 is 29.3 Å². The second-order valence-corrected chi connectivity index (χ2v) is 6.82. The fourth-order valence-corrected chi connectivity index (χ4v) is 3.66. The molecule has 0 spiro atoms. The van der Waals surface area contributed by atoms with Gasteiger partial charge in [-0.3, -0.25) is 9.59 Å². The second kappa shape index (κ2) is 9.51. The van der Waals surface area contributed by atoms with E-state index in [9.17, 15) is 14.4 Å². The molecule has 1 aliphatic rings. The Balaban J connectivity index is 2.23. The number of benzene rings is 1. The van der Waals surface area contributed by atoms with Crippen molar-refractivity contribution in [1.29, 1.82) is 0 Å². The van der Waals surface area contributed by atoms with Crippen LogP contribution in [0.15, 0.2) is 48.6 Å². The zero-order valence-corrected chi connectivity index (χ0v) is 16.4. The summed E-state index contributed by atoms with van der Waals surface area (Å²) in [6.07, 6.45) is 8.70. The van der Waals surface area contributed by atoms with Gasteiger partial charge < -0.3 is 9.64 Å². The van der Waals surface area contributed by atoms with E-state index < -0.39 is 24.0 Å². The van der Waals surface area contributed by atoms with Crippen LogP contribution in [-0.2, 0) is 24.7 Å². The SMILES string of the molecule is C/C=C/C=C/C(=O)OCC(=O)N(C)[C@]1(c2ccccc2Cl)CCCCC1=O. The Morgan fingerprint density at radius 1 is 1.26 bits per heavy atom. The third-order valence-electron chi connectivity index (χ3n) is 4.79. The summed E-state index contributed by atoms with van der Waals surface area (Å²) in [6, 6.07) is 7.08. The van der Waals surface area contributed by atoms with Crippen molar-refractivity contribution in [3.8, 4) is 0 Å². The molecule has 1 amide bonds. The van der Waals surface area contributed by atoms with Crippen molar-refractivity contribution in [3.63, 3.8) is 0 Å². The molecule has 27 heavy (non-hydrogen) atoms. The van der Waals surface area contributed by atoms with Crippen LogP contribution in [0.4, 0.5) is 0 Å². The molecule has 0 unspecified atom stereocenters. The highest BCUT2D eigenvalue weighted by Gasteiger charge is 2.47. The van der Waals surface area contributed by atoms with E-state index in [2.05, 4.69) is 0 Å². The Morgan fingerprint density at radius 2 is 2.00 bits per heavy atom. The standard InChI is InChI=1S/C21H24ClNO4/c1-3-4-5-13-20(26)27-15-19(25)23(2)21(14-9-8-12-18(21)24)16-10-6-7-11-17(16)22/h3-7,10-11,13H,8-9,12,14-15H2,1-2H3/b4-3+,13-5+/t21-/m0/s1. The van der Waals surface area contributed by atoms with Gasteiger partial charge in [0.05, 0.1) is 0 Å². The van der Waals surface area contributed by atoms with Gasteiger partial charge in [-0.25, -0.2) is 4.79 Å². The van der Waals surface area contributed by atoms with Crippen molar-refractivity contribution in [1.82, 2.24) is 4.90 Å². The van der Waals surface area contributed by atoms with E-state index in [4.69, 9.17) is 16.3 Å². The molecule has 0 bridgehead atoms. The maximum Gasteiger partial charge on any atom is 0.331 e. The van der Waals surface area contributed by atoms with Gasteiger partial charge in [0.1, 0.15) is 5.54 Å². The summed E-state index contributed by atoms with van der Waals surface area (Å²) in [6.45, 7) is 1.39. The highest BCUT2D eigenvalue weighted by Crippen LogP contribution is 2.42. The van der Waals surface area contributed by atoms with Crippen LogP contribution in [0.2, 0.25) is 5.02 Å². The van der Waals surface area contributed by atoms with Crippen molar-refractivity contribution < 1.29 is 19.1 Å². The zero-order chi connectivity index (χ0) is 19.9. The number of nitrogens with zero attached hydrogens (tertiary/aromatic N) is 1. The molecule has 0 N–H and O–H groups in total. The van der Waals surface area contributed by atoms with Crippen molar-refractivity contribution in [2.75, 3.05) is 13.7 Å². The monoisotopic (exact) mass is 389 g/mol. The average molecular weight is 390 g/mol. The van der Waals surface area contributed by atoms with Gasteiger partial charge in [-0.1, -0.05) is 48.0 Å². The quantitative estimate of drug-likeness (QED) is 0.421. The molecule has 144 valence electrons. The van der Waals surface area contributed by atoms with Gasteiger partial charge >= 0.3 is 5.97 Å². The van der Waals surface area contributed by atoms with E-state index in [1.807, 2.05) is 6.92 Å². The van der Waals surface area contributed by atoms with E-state index in [1.165, 1.54) is 17.1 Å². The number of rotatable bonds is 6. The van der Waals surface area contributed by atoms with Crippen LogP contribution >= 0.6 is 11.6 Å². The van der Waals surface area contributed by atoms with E-state index >= 15 is 0 Å². The number of hydrogen-bond acceptors (Lipinski definition) is 4. The van der Waals surface area contributed by atoms with Crippen molar-refractivity contribution in [2.24, 2.45) is 0 Å². The first-order chi connectivity index (χ1) is 12.9. The number of halogens is 1. The Hall–Kier alpha value is -2.40. The Bertz CT molecular complexity index is 771. The Morgan fingerprint density at radius 3 is 2.67 bits per heavy atom. The molecule has 1 atom stereocenters. The van der Waals surface area contributed by atoms with Crippen LogP contribution in [0, 0.1) is 0 Å². The van der Waals surface area contributed by atoms with Gasteiger partial charge in [-0.05, 0) is 32.3 Å². The average Bonchev–Trinajstić information content (AvgIpc) is 2.67. The Kier molecular flexibility index (Phi) is 7.36. The molecule has 5 nitrogen and oxygen atoms in total. The molecule has 1 aromatic carbocycles. The minimum absolute atomic E-state index is 0.0444. The first-order valence-electron chi connectivity index (χ1n) is 8.94. The topological polar surface area (TPSA) is 63.7 Å². The fourth-order valence-electron chi connectivity index (χ4n) is 3.37. The first-order valence-corrected chi connectivity index (χ1v) is 9.32. The molecular formula is C21H24ClNO4. The molecule has 1 aliphatic carbocycles. The van der Waals surface area contributed by atoms with Crippen LogP contribution in [-0.4, -0.2) is 36.2 Å². The lowest BCUT2D eigenvalue weighted by Crippen LogP contribution is -2.55. The van der Waals surface area contributed by atoms with Crippen LogP contribution in [0.1, 0.15) is 38.2 Å². The number of esters is 1. The fraction of sp³-hybridized carbons (Fsp3) is 0.381. The largest absolute Gasteiger partial charge is 0.452 e. The third kappa shape index (κ3) is 4.66. The van der Waals surface area contributed by atoms with Crippen LogP contribution < -0.4 is 0 Å². The van der Waals surface area contributed by atoms with Gasteiger partial charge in [0, 0.05) is 30.1 Å². The second-order valence-electron chi connectivity index (χ2n) is 6.42. The number of ether oxygens (including phenoxy) is 1. The number of hydrogen-bond donors (Lipinski definition) is 0. The lowest BCUT2D eigenvalue weighted by atomic mass is 9.74. The van der Waals surface area contributed by atoms with Crippen LogP contribution in [0.25, 0.3) is 0 Å². The number of ketones is 1. The number of carbonyl (C=O) groups is 3. The van der Waals surface area contributed by atoms with Gasteiger partial charge in [0.25, 0.3) is 5.91 Å². The highest BCUT2D eigenvalue weighted by atomic mass is 35.5. The predicted octanol–water partition coefficient (Wildman–Crippen LogP) is 3.81. The van der Waals surface area contributed by atoms with E-state index in [0.717, 1.165) is 12.8 Å². The van der Waals surface area contributed by atoms with Gasteiger partial charge in [-0.2, -0.15) is 0 Å². The minimum Gasteiger partial charge on any atom is -0.452 e. The smallest absolute Gasteiger partial charge is 0.331 e. The highest BCUT2D eigenvalue weighted by molar-refractivity contribution is 6.31. The predicted molar refractivity (Wildman–Crippen MR) is 104 cm³/mol. The number of allylic oxidation sites excluding steroid dienone is 3. The number of Topliss-reactive ketones (excluding diaryl/α,β-unsaturated/α-hetero) is 1. The summed E-state index contributed by atoms with van der Waals surface area (Å²) in [5, 5.41) is 0.443. The van der Waals surface area contributed by atoms with Gasteiger partial charge in [0.15, 0.2) is 12.4 Å². The Labute approximate surface area is 164 Å². The normalized spacial score (nSPS) is 20.2. The van der Waals surface area contributed by atoms with E-state index in [0.29, 0.717) is 23.4 Å². The zero-order valence-electron chi connectivity index (χ0n) is 15.6. The lowest BCUT2D eigenvalue weighted by molar-refractivity contribution is -0.155. The van der Waals surface area contributed by atoms with Gasteiger partial charge in [0.2, 0.25) is 0 Å². The summed E-state index contributed by atoms with van der Waals surface area (Å²) in [5.41, 5.74) is -0.507. The number of likely N-dealkylation sites (N-methyl/N-ethyl adjacent to an activating group) is 1. The van der Waals surface area contributed by atoms with Crippen LogP contribution in [0.3, 0.4) is 0 Å². The molecule has 0 heterocycles. The molecule has 6 heteroatoms. The summed E-state index contributed by atoms with van der Waals surface area (Å²) >= 11 is 6.37. The molecule has 0 aliphatic heterocycles. The number of amides is 1. The van der Waals surface area contributed by atoms with Gasteiger partial charge in [-0.15, -0.1) is 0 Å². The number of carbonyl (C=O) groups excluding carboxylic acids is 3. The maximum atomic E-state index is 12.9. The van der Waals surface area contributed by atoms with Crippen LogP contribution in [0.5, 0.6) is 0 Å². The molecule has 1 aromatic rings. The summed E-state index contributed by atoms with van der Waals surface area (Å²) in [4.78, 5) is 38.8. The maximum absolute atomic E-state index is 12.9.